The summed E-state index contributed by atoms with van der Waals surface area (Å²) in [5.41, 5.74) is 4.11. The molecule has 0 spiro atoms. The molecule has 8 heteroatoms. The summed E-state index contributed by atoms with van der Waals surface area (Å²) in [6.45, 7) is 7.78. The van der Waals surface area contributed by atoms with Gasteiger partial charge in [0.1, 0.15) is 12.4 Å². The van der Waals surface area contributed by atoms with E-state index in [9.17, 15) is 4.79 Å². The van der Waals surface area contributed by atoms with Crippen LogP contribution in [0.25, 0.3) is 11.3 Å². The van der Waals surface area contributed by atoms with Crippen LogP contribution < -0.4 is 20.7 Å². The lowest BCUT2D eigenvalue weighted by atomic mass is 10.0. The number of hydrogen-bond acceptors (Lipinski definition) is 6. The van der Waals surface area contributed by atoms with Gasteiger partial charge in [-0.3, -0.25) is 15.3 Å². The summed E-state index contributed by atoms with van der Waals surface area (Å²) >= 11 is 0. The average Bonchev–Trinajstić information content (AvgIpc) is 3.21. The molecule has 0 saturated carbocycles. The van der Waals surface area contributed by atoms with E-state index in [4.69, 9.17) is 4.74 Å². The van der Waals surface area contributed by atoms with Gasteiger partial charge in [-0.05, 0) is 76.1 Å². The molecule has 3 N–H and O–H groups in total. The van der Waals surface area contributed by atoms with E-state index in [2.05, 4.69) is 37.8 Å². The maximum absolute atomic E-state index is 12.3. The predicted octanol–water partition coefficient (Wildman–Crippen LogP) is 4.96. The van der Waals surface area contributed by atoms with Crippen molar-refractivity contribution >= 4 is 17.5 Å². The third-order valence-corrected chi connectivity index (χ3v) is 5.52. The van der Waals surface area contributed by atoms with Crippen LogP contribution in [0.3, 0.4) is 0 Å². The number of benzene rings is 1. The van der Waals surface area contributed by atoms with Crippen molar-refractivity contribution in [2.75, 3.05) is 23.8 Å². The van der Waals surface area contributed by atoms with Crippen molar-refractivity contribution in [1.29, 1.82) is 0 Å². The molecule has 0 unspecified atom stereocenters. The van der Waals surface area contributed by atoms with E-state index in [0.717, 1.165) is 35.5 Å². The molecule has 33 heavy (non-hydrogen) atoms. The first-order valence-electron chi connectivity index (χ1n) is 10.7. The molecule has 4 rings (SSSR count). The minimum atomic E-state index is -0.406. The summed E-state index contributed by atoms with van der Waals surface area (Å²) in [6.07, 6.45) is 7.09. The first-order chi connectivity index (χ1) is 15.4. The Bertz CT molecular complexity index is 1090. The van der Waals surface area contributed by atoms with Crippen molar-refractivity contribution in [3.63, 3.8) is 0 Å². The van der Waals surface area contributed by atoms with Gasteiger partial charge in [0.15, 0.2) is 5.82 Å². The molecule has 1 aliphatic heterocycles. The Morgan fingerprint density at radius 2 is 2.00 bits per heavy atom. The third kappa shape index (κ3) is 6.26. The molecule has 3 heterocycles. The second-order valence-corrected chi connectivity index (χ2v) is 8.42. The van der Waals surface area contributed by atoms with Crippen LogP contribution in [0.1, 0.15) is 38.4 Å². The van der Waals surface area contributed by atoms with Crippen molar-refractivity contribution in [2.24, 2.45) is 0 Å². The summed E-state index contributed by atoms with van der Waals surface area (Å²) in [5, 5.41) is 8.96. The van der Waals surface area contributed by atoms with Crippen LogP contribution in [0.2, 0.25) is 0 Å². The van der Waals surface area contributed by atoms with Crippen LogP contribution in [0, 0.1) is 13.8 Å². The van der Waals surface area contributed by atoms with Gasteiger partial charge in [0.05, 0.1) is 30.0 Å². The number of rotatable bonds is 6. The Labute approximate surface area is 195 Å². The van der Waals surface area contributed by atoms with Crippen molar-refractivity contribution in [3.8, 4) is 17.0 Å². The zero-order valence-electron chi connectivity index (χ0n) is 18.6. The van der Waals surface area contributed by atoms with E-state index in [1.54, 1.807) is 18.5 Å². The zero-order valence-corrected chi connectivity index (χ0v) is 18.6. The fourth-order valence-corrected chi connectivity index (χ4v) is 3.67. The minimum Gasteiger partial charge on any atom is -0.491 e. The number of aryl methyl sites for hydroxylation is 2. The highest BCUT2D eigenvalue weighted by Gasteiger charge is 2.28. The quantitative estimate of drug-likeness (QED) is 0.493. The molecule has 8 nitrogen and oxygen atoms in total. The van der Waals surface area contributed by atoms with Gasteiger partial charge < -0.3 is 15.4 Å². The van der Waals surface area contributed by atoms with Crippen molar-refractivity contribution in [2.45, 2.75) is 46.6 Å². The van der Waals surface area contributed by atoms with E-state index in [0.29, 0.717) is 23.8 Å². The first kappa shape index (κ1) is 24.1. The van der Waals surface area contributed by atoms with Crippen LogP contribution in [0.4, 0.5) is 16.3 Å². The molecule has 1 aliphatic rings. The van der Waals surface area contributed by atoms with E-state index in [1.807, 2.05) is 38.1 Å². The number of anilines is 2. The number of aromatic nitrogens is 3. The van der Waals surface area contributed by atoms with Crippen LogP contribution in [0.5, 0.6) is 5.75 Å². The van der Waals surface area contributed by atoms with E-state index < -0.39 is 6.03 Å². The second kappa shape index (κ2) is 10.4. The van der Waals surface area contributed by atoms with Crippen LogP contribution in [-0.2, 0) is 0 Å². The van der Waals surface area contributed by atoms with Gasteiger partial charge in [-0.15, -0.1) is 0 Å². The molecule has 1 atom stereocenters. The third-order valence-electron chi connectivity index (χ3n) is 5.52. The van der Waals surface area contributed by atoms with Crippen molar-refractivity contribution in [3.05, 3.63) is 60.2 Å². The summed E-state index contributed by atoms with van der Waals surface area (Å²) in [6, 6.07) is 9.15. The Balaban J connectivity index is 0.00000306. The Hall–Kier alpha value is -3.52. The van der Waals surface area contributed by atoms with Gasteiger partial charge in [0, 0.05) is 16.8 Å². The van der Waals surface area contributed by atoms with Crippen LogP contribution >= 0.6 is 0 Å². The standard InChI is InChI=1S/C24H28N6O2.CH4/c1-16-11-18(6-8-21(16)32-15-24(3)9-4-10-27-24)20-13-25-14-22(29-20)30-23(31)28-19-7-5-17(2)26-12-19;/h5-8,11-14,27H,4,9-10,15H2,1-3H3,(H2,28,29,30,31);1H4/t24-;/m0./s1. The van der Waals surface area contributed by atoms with Crippen molar-refractivity contribution < 1.29 is 9.53 Å². The van der Waals surface area contributed by atoms with Gasteiger partial charge >= 0.3 is 6.03 Å². The summed E-state index contributed by atoms with van der Waals surface area (Å²) < 4.78 is 6.09. The molecule has 2 aromatic heterocycles. The van der Waals surface area contributed by atoms with Gasteiger partial charge in [0.25, 0.3) is 0 Å². The number of pyridine rings is 1. The van der Waals surface area contributed by atoms with Crippen LogP contribution in [-0.4, -0.2) is 39.7 Å². The normalized spacial score (nSPS) is 17.2. The Kier molecular flexibility index (Phi) is 7.60. The number of carbonyl (C=O) groups excluding carboxylic acids is 1. The average molecular weight is 449 g/mol. The molecule has 0 bridgehead atoms. The molecule has 1 aromatic carbocycles. The summed E-state index contributed by atoms with van der Waals surface area (Å²) in [7, 11) is 0. The fourth-order valence-electron chi connectivity index (χ4n) is 3.67. The number of nitrogens with zero attached hydrogens (tertiary/aromatic N) is 3. The van der Waals surface area contributed by atoms with Crippen LogP contribution in [0.15, 0.2) is 48.9 Å². The maximum atomic E-state index is 12.3. The predicted molar refractivity (Wildman–Crippen MR) is 132 cm³/mol. The molecule has 1 saturated heterocycles. The van der Waals surface area contributed by atoms with E-state index in [-0.39, 0.29) is 13.0 Å². The zero-order chi connectivity index (χ0) is 22.6. The first-order valence-corrected chi connectivity index (χ1v) is 10.7. The largest absolute Gasteiger partial charge is 0.491 e. The topological polar surface area (TPSA) is 101 Å². The van der Waals surface area contributed by atoms with Gasteiger partial charge in [0.2, 0.25) is 0 Å². The monoisotopic (exact) mass is 448 g/mol. The van der Waals surface area contributed by atoms with Crippen molar-refractivity contribution in [1.82, 2.24) is 20.3 Å². The molecule has 2 amide bonds. The molecule has 174 valence electrons. The lowest BCUT2D eigenvalue weighted by molar-refractivity contribution is 0.211. The molecular weight excluding hydrogens is 416 g/mol. The highest BCUT2D eigenvalue weighted by molar-refractivity contribution is 5.99. The number of nitrogens with one attached hydrogen (secondary N) is 3. The number of amides is 2. The highest BCUT2D eigenvalue weighted by Crippen LogP contribution is 2.27. The fraction of sp³-hybridized carbons (Fsp3) is 0.360. The number of ether oxygens (including phenoxy) is 1. The van der Waals surface area contributed by atoms with E-state index in [1.165, 1.54) is 12.6 Å². The lowest BCUT2D eigenvalue weighted by Crippen LogP contribution is -2.42. The molecule has 0 aliphatic carbocycles. The van der Waals surface area contributed by atoms with E-state index >= 15 is 0 Å². The summed E-state index contributed by atoms with van der Waals surface area (Å²) in [4.78, 5) is 25.2. The molecule has 0 radical (unpaired) electrons. The Morgan fingerprint density at radius 3 is 2.70 bits per heavy atom. The molecule has 1 fully saturated rings. The highest BCUT2D eigenvalue weighted by atomic mass is 16.5. The second-order valence-electron chi connectivity index (χ2n) is 8.42. The Morgan fingerprint density at radius 1 is 1.15 bits per heavy atom. The minimum absolute atomic E-state index is 0. The SMILES string of the molecule is C.Cc1ccc(NC(=O)Nc2cncc(-c3ccc(OC[C@]4(C)CCCN4)c(C)c3)n2)cn1. The summed E-state index contributed by atoms with van der Waals surface area (Å²) in [5.74, 6) is 1.22. The van der Waals surface area contributed by atoms with Gasteiger partial charge in [-0.1, -0.05) is 7.43 Å². The molecular formula is C25H32N6O2. The number of hydrogen-bond donors (Lipinski definition) is 3. The number of urea groups is 1. The molecule has 3 aromatic rings. The maximum Gasteiger partial charge on any atom is 0.324 e. The smallest absolute Gasteiger partial charge is 0.324 e. The lowest BCUT2D eigenvalue weighted by Gasteiger charge is -2.25. The van der Waals surface area contributed by atoms with Gasteiger partial charge in [-0.25, -0.2) is 9.78 Å². The van der Waals surface area contributed by atoms with Gasteiger partial charge in [-0.2, -0.15) is 0 Å². The number of carbonyl (C=O) groups is 1.